The molecule has 0 spiro atoms. The molecule has 29 heavy (non-hydrogen) atoms. The van der Waals surface area contributed by atoms with Crippen LogP contribution in [0.3, 0.4) is 0 Å². The van der Waals surface area contributed by atoms with Crippen molar-refractivity contribution in [2.75, 3.05) is 20.1 Å². The molecular weight excluding hydrogens is 362 g/mol. The molecule has 0 bridgehead atoms. The molecule has 2 N–H and O–H groups in total. The zero-order valence-electron chi connectivity index (χ0n) is 17.8. The van der Waals surface area contributed by atoms with Crippen LogP contribution in [0.5, 0.6) is 0 Å². The van der Waals surface area contributed by atoms with Gasteiger partial charge in [-0.2, -0.15) is 10.2 Å². The lowest BCUT2D eigenvalue weighted by Crippen LogP contribution is -2.40. The first-order valence-electron chi connectivity index (χ1n) is 10.1. The van der Waals surface area contributed by atoms with Gasteiger partial charge < -0.3 is 10.6 Å². The highest BCUT2D eigenvalue weighted by atomic mass is 15.3. The third-order valence-corrected chi connectivity index (χ3v) is 4.84. The molecule has 2 heterocycles. The Bertz CT molecular complexity index is 907. The zero-order chi connectivity index (χ0) is 20.6. The Kier molecular flexibility index (Phi) is 7.05. The van der Waals surface area contributed by atoms with Crippen LogP contribution in [0.25, 0.3) is 5.69 Å². The molecule has 154 valence electrons. The van der Waals surface area contributed by atoms with E-state index in [0.717, 1.165) is 43.4 Å². The van der Waals surface area contributed by atoms with Gasteiger partial charge in [0, 0.05) is 44.8 Å². The SMILES string of the molecule is CN=C(NCCc1ccc(-n2cccn2)cc1)NCC(C)Cn1nc(C)cc1C. The summed E-state index contributed by atoms with van der Waals surface area (Å²) < 4.78 is 3.94. The lowest BCUT2D eigenvalue weighted by molar-refractivity contribution is 0.436. The van der Waals surface area contributed by atoms with Crippen molar-refractivity contribution in [1.29, 1.82) is 0 Å². The van der Waals surface area contributed by atoms with Crippen LogP contribution in [0.4, 0.5) is 0 Å². The summed E-state index contributed by atoms with van der Waals surface area (Å²) >= 11 is 0. The maximum absolute atomic E-state index is 4.54. The predicted octanol–water partition coefficient (Wildman–Crippen LogP) is 2.73. The maximum atomic E-state index is 4.54. The second kappa shape index (κ2) is 9.91. The Labute approximate surface area is 172 Å². The fourth-order valence-corrected chi connectivity index (χ4v) is 3.27. The summed E-state index contributed by atoms with van der Waals surface area (Å²) in [5.74, 6) is 1.28. The lowest BCUT2D eigenvalue weighted by Gasteiger charge is -2.17. The van der Waals surface area contributed by atoms with E-state index in [0.29, 0.717) is 5.92 Å². The summed E-state index contributed by atoms with van der Waals surface area (Å²) in [5, 5.41) is 15.6. The van der Waals surface area contributed by atoms with Gasteiger partial charge in [0.25, 0.3) is 0 Å². The van der Waals surface area contributed by atoms with E-state index >= 15 is 0 Å². The Morgan fingerprint density at radius 2 is 1.97 bits per heavy atom. The highest BCUT2D eigenvalue weighted by Crippen LogP contribution is 2.09. The molecule has 0 saturated heterocycles. The molecule has 7 nitrogen and oxygen atoms in total. The van der Waals surface area contributed by atoms with Gasteiger partial charge in [-0.15, -0.1) is 0 Å². The topological polar surface area (TPSA) is 72.1 Å². The van der Waals surface area contributed by atoms with Crippen molar-refractivity contribution in [1.82, 2.24) is 30.2 Å². The van der Waals surface area contributed by atoms with Gasteiger partial charge in [-0.3, -0.25) is 9.67 Å². The van der Waals surface area contributed by atoms with Crippen LogP contribution in [0.2, 0.25) is 0 Å². The molecule has 1 unspecified atom stereocenters. The van der Waals surface area contributed by atoms with E-state index in [1.54, 1.807) is 13.2 Å². The second-order valence-electron chi connectivity index (χ2n) is 7.46. The molecule has 0 aliphatic heterocycles. The van der Waals surface area contributed by atoms with Crippen LogP contribution < -0.4 is 10.6 Å². The molecule has 3 rings (SSSR count). The fraction of sp³-hybridized carbons (Fsp3) is 0.409. The molecule has 1 aromatic carbocycles. The first kappa shape index (κ1) is 20.6. The van der Waals surface area contributed by atoms with E-state index in [4.69, 9.17) is 0 Å². The van der Waals surface area contributed by atoms with Crippen LogP contribution in [0.1, 0.15) is 23.9 Å². The molecule has 1 atom stereocenters. The summed E-state index contributed by atoms with van der Waals surface area (Å²) in [4.78, 5) is 4.33. The Hall–Kier alpha value is -3.09. The van der Waals surface area contributed by atoms with Crippen molar-refractivity contribution in [2.24, 2.45) is 10.9 Å². The van der Waals surface area contributed by atoms with Crippen LogP contribution in [0, 0.1) is 19.8 Å². The monoisotopic (exact) mass is 393 g/mol. The van der Waals surface area contributed by atoms with E-state index in [-0.39, 0.29) is 0 Å². The van der Waals surface area contributed by atoms with E-state index in [1.165, 1.54) is 11.3 Å². The number of benzene rings is 1. The third-order valence-electron chi connectivity index (χ3n) is 4.84. The van der Waals surface area contributed by atoms with Crippen molar-refractivity contribution >= 4 is 5.96 Å². The molecule has 0 fully saturated rings. The van der Waals surface area contributed by atoms with Crippen LogP contribution in [0.15, 0.2) is 53.8 Å². The van der Waals surface area contributed by atoms with Crippen molar-refractivity contribution < 1.29 is 0 Å². The Morgan fingerprint density at radius 3 is 2.59 bits per heavy atom. The van der Waals surface area contributed by atoms with Gasteiger partial charge in [-0.05, 0) is 56.0 Å². The number of aromatic nitrogens is 4. The summed E-state index contributed by atoms with van der Waals surface area (Å²) in [6, 6.07) is 12.5. The molecule has 0 radical (unpaired) electrons. The number of aliphatic imine (C=N–C) groups is 1. The summed E-state index contributed by atoms with van der Waals surface area (Å²) in [7, 11) is 1.81. The zero-order valence-corrected chi connectivity index (χ0v) is 17.8. The first-order chi connectivity index (χ1) is 14.0. The maximum Gasteiger partial charge on any atom is 0.190 e. The molecule has 0 aliphatic rings. The number of nitrogens with one attached hydrogen (secondary N) is 2. The van der Waals surface area contributed by atoms with Crippen molar-refractivity contribution in [3.8, 4) is 5.69 Å². The minimum atomic E-state index is 0.446. The number of guanidine groups is 1. The molecule has 3 aromatic rings. The normalized spacial score (nSPS) is 12.8. The van der Waals surface area contributed by atoms with Gasteiger partial charge in [0.15, 0.2) is 5.96 Å². The highest BCUT2D eigenvalue weighted by Gasteiger charge is 2.08. The number of nitrogens with zero attached hydrogens (tertiary/aromatic N) is 5. The van der Waals surface area contributed by atoms with Crippen molar-refractivity contribution in [2.45, 2.75) is 33.7 Å². The number of rotatable bonds is 8. The van der Waals surface area contributed by atoms with E-state index in [2.05, 4.69) is 74.7 Å². The number of hydrogen-bond acceptors (Lipinski definition) is 3. The van der Waals surface area contributed by atoms with Gasteiger partial charge in [0.1, 0.15) is 0 Å². The number of hydrogen-bond donors (Lipinski definition) is 2. The van der Waals surface area contributed by atoms with Gasteiger partial charge >= 0.3 is 0 Å². The minimum Gasteiger partial charge on any atom is -0.356 e. The van der Waals surface area contributed by atoms with Gasteiger partial charge in [0.2, 0.25) is 0 Å². The van der Waals surface area contributed by atoms with Gasteiger partial charge in [0.05, 0.1) is 11.4 Å². The minimum absolute atomic E-state index is 0.446. The van der Waals surface area contributed by atoms with Gasteiger partial charge in [-0.25, -0.2) is 4.68 Å². The summed E-state index contributed by atoms with van der Waals surface area (Å²) in [6.45, 7) is 8.92. The highest BCUT2D eigenvalue weighted by molar-refractivity contribution is 5.79. The largest absolute Gasteiger partial charge is 0.356 e. The average Bonchev–Trinajstić information content (AvgIpc) is 3.35. The van der Waals surface area contributed by atoms with E-state index in [1.807, 2.05) is 23.9 Å². The number of aryl methyl sites for hydroxylation is 2. The fourth-order valence-electron chi connectivity index (χ4n) is 3.27. The second-order valence-corrected chi connectivity index (χ2v) is 7.46. The predicted molar refractivity (Wildman–Crippen MR) is 117 cm³/mol. The van der Waals surface area contributed by atoms with Crippen molar-refractivity contribution in [3.63, 3.8) is 0 Å². The Balaban J connectivity index is 1.40. The van der Waals surface area contributed by atoms with Gasteiger partial charge in [-0.1, -0.05) is 19.1 Å². The standard InChI is InChI=1S/C22H31N7/c1-17(16-29-19(3)14-18(2)27-29)15-25-22(23-4)24-12-10-20-6-8-21(9-7-20)28-13-5-11-26-28/h5-9,11,13-14,17H,10,12,15-16H2,1-4H3,(H2,23,24,25). The van der Waals surface area contributed by atoms with Crippen molar-refractivity contribution in [3.05, 3.63) is 65.7 Å². The molecule has 2 aromatic heterocycles. The molecule has 0 amide bonds. The Morgan fingerprint density at radius 1 is 1.17 bits per heavy atom. The van der Waals surface area contributed by atoms with Crippen LogP contribution in [-0.4, -0.2) is 45.7 Å². The molecule has 0 aliphatic carbocycles. The quantitative estimate of drug-likeness (QED) is 0.456. The summed E-state index contributed by atoms with van der Waals surface area (Å²) in [5.41, 5.74) is 4.62. The third kappa shape index (κ3) is 5.94. The average molecular weight is 394 g/mol. The van der Waals surface area contributed by atoms with E-state index in [9.17, 15) is 0 Å². The van der Waals surface area contributed by atoms with E-state index < -0.39 is 0 Å². The lowest BCUT2D eigenvalue weighted by atomic mass is 10.1. The molecule has 0 saturated carbocycles. The molecule has 7 heteroatoms. The molecular formula is C22H31N7. The smallest absolute Gasteiger partial charge is 0.190 e. The first-order valence-corrected chi connectivity index (χ1v) is 10.1. The summed E-state index contributed by atoms with van der Waals surface area (Å²) in [6.07, 6.45) is 4.66. The van der Waals surface area contributed by atoms with Crippen LogP contribution in [-0.2, 0) is 13.0 Å². The van der Waals surface area contributed by atoms with Crippen LogP contribution >= 0.6 is 0 Å².